The molecule has 1 heterocycles. The molecule has 1 fully saturated rings. The highest BCUT2D eigenvalue weighted by atomic mass is 35.5. The van der Waals surface area contributed by atoms with Crippen molar-refractivity contribution in [3.8, 4) is 0 Å². The zero-order valence-electron chi connectivity index (χ0n) is 19.5. The number of anilines is 3. The number of carbonyl (C=O) groups excluding carboxylic acids is 1. The molecule has 0 atom stereocenters. The third-order valence-corrected chi connectivity index (χ3v) is 6.85. The maximum Gasteiger partial charge on any atom is 0.319 e. The van der Waals surface area contributed by atoms with E-state index >= 15 is 0 Å². The van der Waals surface area contributed by atoms with Gasteiger partial charge in [0.15, 0.2) is 0 Å². The summed E-state index contributed by atoms with van der Waals surface area (Å²) in [5, 5.41) is 11.4. The molecule has 3 N–H and O–H groups in total. The topological polar surface area (TPSA) is 69.3 Å². The fraction of sp³-hybridized carbons (Fsp3) is 0.385. The van der Waals surface area contributed by atoms with Gasteiger partial charge in [-0.1, -0.05) is 35.9 Å². The minimum Gasteiger partial charge on any atom is -0.377 e. The first-order chi connectivity index (χ1) is 15.9. The molecule has 0 spiro atoms. The first kappa shape index (κ1) is 23.2. The summed E-state index contributed by atoms with van der Waals surface area (Å²) in [7, 11) is 4.13. The standard InChI is InChI=1S/C26H32ClN5O/c1-17-21(27)8-6-10-22(17)31-26(33)28-16-18-11-13-19(14-12-18)29-25-15-24(32(2)3)20-7-4-5-9-23(20)30-25/h4-10,15,18-19H,11-14,16H2,1-3H3,(H,29,30)(H2,28,31,33)/t18-,19+. The summed E-state index contributed by atoms with van der Waals surface area (Å²) in [5.41, 5.74) is 3.79. The molecule has 33 heavy (non-hydrogen) atoms. The summed E-state index contributed by atoms with van der Waals surface area (Å²) in [4.78, 5) is 19.3. The Hall–Kier alpha value is -2.99. The van der Waals surface area contributed by atoms with E-state index in [4.69, 9.17) is 16.6 Å². The number of aromatic nitrogens is 1. The zero-order chi connectivity index (χ0) is 23.4. The Kier molecular flexibility index (Phi) is 7.23. The first-order valence-corrected chi connectivity index (χ1v) is 11.9. The molecule has 0 bridgehead atoms. The predicted octanol–water partition coefficient (Wildman–Crippen LogP) is 6.06. The number of benzene rings is 2. The van der Waals surface area contributed by atoms with Crippen molar-refractivity contribution in [1.29, 1.82) is 0 Å². The first-order valence-electron chi connectivity index (χ1n) is 11.5. The molecule has 3 aromatic rings. The molecule has 0 radical (unpaired) electrons. The Balaban J connectivity index is 1.28. The number of rotatable bonds is 6. The van der Waals surface area contributed by atoms with Gasteiger partial charge in [0.1, 0.15) is 5.82 Å². The molecule has 0 unspecified atom stereocenters. The lowest BCUT2D eigenvalue weighted by Gasteiger charge is -2.30. The van der Waals surface area contributed by atoms with E-state index in [1.807, 2.05) is 31.2 Å². The number of halogens is 1. The van der Waals surface area contributed by atoms with Gasteiger partial charge in [0, 0.05) is 54.5 Å². The molecule has 2 amide bonds. The highest BCUT2D eigenvalue weighted by Gasteiger charge is 2.22. The van der Waals surface area contributed by atoms with E-state index in [1.165, 1.54) is 5.69 Å². The second-order valence-electron chi connectivity index (χ2n) is 9.05. The van der Waals surface area contributed by atoms with Crippen molar-refractivity contribution in [3.05, 3.63) is 59.1 Å². The molecule has 0 saturated heterocycles. The van der Waals surface area contributed by atoms with Crippen LogP contribution in [-0.2, 0) is 0 Å². The van der Waals surface area contributed by atoms with Crippen molar-refractivity contribution in [2.75, 3.05) is 36.2 Å². The highest BCUT2D eigenvalue weighted by molar-refractivity contribution is 6.31. The van der Waals surface area contributed by atoms with Crippen molar-refractivity contribution in [1.82, 2.24) is 10.3 Å². The molecule has 1 aromatic heterocycles. The Morgan fingerprint density at radius 1 is 1.09 bits per heavy atom. The number of hydrogen-bond donors (Lipinski definition) is 3. The number of hydrogen-bond acceptors (Lipinski definition) is 4. The smallest absolute Gasteiger partial charge is 0.319 e. The Labute approximate surface area is 200 Å². The lowest BCUT2D eigenvalue weighted by atomic mass is 9.86. The average molecular weight is 466 g/mol. The molecular formula is C26H32ClN5O. The van der Waals surface area contributed by atoms with Crippen LogP contribution in [0.15, 0.2) is 48.5 Å². The van der Waals surface area contributed by atoms with Crippen molar-refractivity contribution in [2.45, 2.75) is 38.6 Å². The van der Waals surface area contributed by atoms with Crippen LogP contribution in [-0.4, -0.2) is 37.7 Å². The fourth-order valence-electron chi connectivity index (χ4n) is 4.47. The SMILES string of the molecule is Cc1c(Cl)cccc1NC(=O)NC[C@H]1CC[C@@H](Nc2cc(N(C)C)c3ccccc3n2)CC1. The van der Waals surface area contributed by atoms with Crippen molar-refractivity contribution >= 4 is 45.7 Å². The molecule has 7 heteroatoms. The second-order valence-corrected chi connectivity index (χ2v) is 9.45. The predicted molar refractivity (Wildman–Crippen MR) is 139 cm³/mol. The molecular weight excluding hydrogens is 434 g/mol. The number of nitrogens with one attached hydrogen (secondary N) is 3. The quantitative estimate of drug-likeness (QED) is 0.414. The van der Waals surface area contributed by atoms with Crippen molar-refractivity contribution < 1.29 is 4.79 Å². The normalized spacial score (nSPS) is 18.1. The van der Waals surface area contributed by atoms with E-state index in [0.717, 1.165) is 53.7 Å². The largest absolute Gasteiger partial charge is 0.377 e. The van der Waals surface area contributed by atoms with Gasteiger partial charge < -0.3 is 20.9 Å². The molecule has 6 nitrogen and oxygen atoms in total. The molecule has 174 valence electrons. The second kappa shape index (κ2) is 10.3. The average Bonchev–Trinajstić information content (AvgIpc) is 2.81. The number of nitrogens with zero attached hydrogens (tertiary/aromatic N) is 2. The van der Waals surface area contributed by atoms with Crippen LogP contribution >= 0.6 is 11.6 Å². The summed E-state index contributed by atoms with van der Waals surface area (Å²) in [6, 6.07) is 16.1. The summed E-state index contributed by atoms with van der Waals surface area (Å²) >= 11 is 6.14. The Morgan fingerprint density at radius 2 is 1.85 bits per heavy atom. The van der Waals surface area contributed by atoms with Gasteiger partial charge in [-0.15, -0.1) is 0 Å². The monoisotopic (exact) mass is 465 g/mol. The summed E-state index contributed by atoms with van der Waals surface area (Å²) in [6.07, 6.45) is 4.27. The van der Waals surface area contributed by atoms with Gasteiger partial charge in [0.25, 0.3) is 0 Å². The lowest BCUT2D eigenvalue weighted by molar-refractivity contribution is 0.246. The van der Waals surface area contributed by atoms with E-state index in [-0.39, 0.29) is 6.03 Å². The maximum atomic E-state index is 12.3. The van der Waals surface area contributed by atoms with Crippen LogP contribution in [0, 0.1) is 12.8 Å². The summed E-state index contributed by atoms with van der Waals surface area (Å²) < 4.78 is 0. The number of para-hydroxylation sites is 1. The van der Waals surface area contributed by atoms with Crippen LogP contribution in [0.4, 0.5) is 22.0 Å². The molecule has 2 aromatic carbocycles. The number of fused-ring (bicyclic) bond motifs is 1. The number of urea groups is 1. The van der Waals surface area contributed by atoms with Crippen LogP contribution in [0.1, 0.15) is 31.2 Å². The molecule has 0 aliphatic heterocycles. The van der Waals surface area contributed by atoms with Crippen molar-refractivity contribution in [2.24, 2.45) is 5.92 Å². The number of carbonyl (C=O) groups is 1. The molecule has 1 saturated carbocycles. The Bertz CT molecular complexity index is 1120. The molecule has 1 aliphatic rings. The van der Waals surface area contributed by atoms with Crippen molar-refractivity contribution in [3.63, 3.8) is 0 Å². The van der Waals surface area contributed by atoms with E-state index in [9.17, 15) is 4.79 Å². The number of amides is 2. The van der Waals surface area contributed by atoms with Crippen LogP contribution < -0.4 is 20.9 Å². The van der Waals surface area contributed by atoms with Gasteiger partial charge in [-0.05, 0) is 62.3 Å². The minimum absolute atomic E-state index is 0.183. The maximum absolute atomic E-state index is 12.3. The zero-order valence-corrected chi connectivity index (χ0v) is 20.2. The van der Waals surface area contributed by atoms with Gasteiger partial charge in [0.05, 0.1) is 5.52 Å². The minimum atomic E-state index is -0.183. The summed E-state index contributed by atoms with van der Waals surface area (Å²) in [5.74, 6) is 1.41. The highest BCUT2D eigenvalue weighted by Crippen LogP contribution is 2.30. The third kappa shape index (κ3) is 5.69. The van der Waals surface area contributed by atoms with Gasteiger partial charge >= 0.3 is 6.03 Å². The third-order valence-electron chi connectivity index (χ3n) is 6.44. The lowest BCUT2D eigenvalue weighted by Crippen LogP contribution is -2.36. The van der Waals surface area contributed by atoms with Gasteiger partial charge in [-0.25, -0.2) is 9.78 Å². The van der Waals surface area contributed by atoms with Crippen LogP contribution in [0.25, 0.3) is 10.9 Å². The van der Waals surface area contributed by atoms with Crippen LogP contribution in [0.2, 0.25) is 5.02 Å². The van der Waals surface area contributed by atoms with Crippen LogP contribution in [0.5, 0.6) is 0 Å². The van der Waals surface area contributed by atoms with E-state index in [1.54, 1.807) is 0 Å². The molecule has 1 aliphatic carbocycles. The van der Waals surface area contributed by atoms with E-state index < -0.39 is 0 Å². The van der Waals surface area contributed by atoms with Gasteiger partial charge in [-0.2, -0.15) is 0 Å². The Morgan fingerprint density at radius 3 is 2.61 bits per heavy atom. The van der Waals surface area contributed by atoms with Gasteiger partial charge in [-0.3, -0.25) is 0 Å². The summed E-state index contributed by atoms with van der Waals surface area (Å²) in [6.45, 7) is 2.58. The molecule has 4 rings (SSSR count). The van der Waals surface area contributed by atoms with Gasteiger partial charge in [0.2, 0.25) is 0 Å². The van der Waals surface area contributed by atoms with E-state index in [2.05, 4.69) is 59.2 Å². The number of pyridine rings is 1. The van der Waals surface area contributed by atoms with Crippen LogP contribution in [0.3, 0.4) is 0 Å². The van der Waals surface area contributed by atoms with E-state index in [0.29, 0.717) is 23.5 Å². The fourth-order valence-corrected chi connectivity index (χ4v) is 4.64.